The van der Waals surface area contributed by atoms with Crippen molar-refractivity contribution in [1.29, 1.82) is 0 Å². The van der Waals surface area contributed by atoms with Crippen molar-refractivity contribution >= 4 is 10.0 Å². The molecule has 0 radical (unpaired) electrons. The second-order valence-electron chi connectivity index (χ2n) is 5.81. The maximum atomic E-state index is 12.6. The van der Waals surface area contributed by atoms with Crippen molar-refractivity contribution in [3.8, 4) is 0 Å². The van der Waals surface area contributed by atoms with E-state index >= 15 is 0 Å². The Hall–Kier alpha value is -0.890. The molecule has 6 nitrogen and oxygen atoms in total. The predicted octanol–water partition coefficient (Wildman–Crippen LogP) is 0.839. The Morgan fingerprint density at radius 3 is 2.86 bits per heavy atom. The number of rotatable bonds is 7. The van der Waals surface area contributed by atoms with Gasteiger partial charge in [0.2, 0.25) is 10.0 Å². The Labute approximate surface area is 127 Å². The lowest BCUT2D eigenvalue weighted by Gasteiger charge is -2.19. The zero-order chi connectivity index (χ0) is 15.5. The van der Waals surface area contributed by atoms with Gasteiger partial charge < -0.3 is 15.2 Å². The van der Waals surface area contributed by atoms with Gasteiger partial charge in [-0.05, 0) is 39.5 Å². The summed E-state index contributed by atoms with van der Waals surface area (Å²) in [5.74, 6) is 0. The zero-order valence-corrected chi connectivity index (χ0v) is 13.9. The van der Waals surface area contributed by atoms with E-state index in [-0.39, 0.29) is 0 Å². The van der Waals surface area contributed by atoms with Crippen LogP contribution >= 0.6 is 0 Å². The molecule has 120 valence electrons. The van der Waals surface area contributed by atoms with Crippen molar-refractivity contribution < 1.29 is 8.42 Å². The van der Waals surface area contributed by atoms with Crippen molar-refractivity contribution in [2.45, 2.75) is 37.2 Å². The number of hydrogen-bond acceptors (Lipinski definition) is 4. The fraction of sp³-hybridized carbons (Fsp3) is 0.714. The van der Waals surface area contributed by atoms with Crippen LogP contribution in [0.25, 0.3) is 0 Å². The van der Waals surface area contributed by atoms with Crippen LogP contribution in [0.2, 0.25) is 0 Å². The lowest BCUT2D eigenvalue weighted by atomic mass is 10.2. The number of nitrogens with zero attached hydrogens (tertiary/aromatic N) is 2. The van der Waals surface area contributed by atoms with E-state index in [4.69, 9.17) is 0 Å². The van der Waals surface area contributed by atoms with Crippen LogP contribution in [0, 0.1) is 0 Å². The normalized spacial score (nSPS) is 20.5. The van der Waals surface area contributed by atoms with Crippen LogP contribution in [0.5, 0.6) is 0 Å². The van der Waals surface area contributed by atoms with Gasteiger partial charge in [0.25, 0.3) is 0 Å². The van der Waals surface area contributed by atoms with Gasteiger partial charge in [0.15, 0.2) is 0 Å². The quantitative estimate of drug-likeness (QED) is 0.732. The SMILES string of the molecule is CCCNCc1cc(S(=O)(=O)N2CCC(N(C)C)C2)c[nH]1. The van der Waals surface area contributed by atoms with Crippen molar-refractivity contribution in [3.63, 3.8) is 0 Å². The summed E-state index contributed by atoms with van der Waals surface area (Å²) in [7, 11) is 0.622. The summed E-state index contributed by atoms with van der Waals surface area (Å²) in [5.41, 5.74) is 0.908. The van der Waals surface area contributed by atoms with Gasteiger partial charge in [-0.15, -0.1) is 0 Å². The molecule has 1 fully saturated rings. The maximum Gasteiger partial charge on any atom is 0.244 e. The summed E-state index contributed by atoms with van der Waals surface area (Å²) >= 11 is 0. The largest absolute Gasteiger partial charge is 0.363 e. The maximum absolute atomic E-state index is 12.6. The molecule has 2 rings (SSSR count). The van der Waals surface area contributed by atoms with Gasteiger partial charge in [-0.1, -0.05) is 6.92 Å². The number of nitrogens with one attached hydrogen (secondary N) is 2. The highest BCUT2D eigenvalue weighted by atomic mass is 32.2. The molecule has 1 aromatic heterocycles. The van der Waals surface area contributed by atoms with E-state index in [1.54, 1.807) is 16.6 Å². The molecule has 2 heterocycles. The third kappa shape index (κ3) is 3.85. The molecule has 1 aliphatic heterocycles. The molecule has 0 bridgehead atoms. The lowest BCUT2D eigenvalue weighted by molar-refractivity contribution is 0.302. The number of aromatic nitrogens is 1. The van der Waals surface area contributed by atoms with Gasteiger partial charge in [0.1, 0.15) is 0 Å². The second-order valence-corrected chi connectivity index (χ2v) is 7.74. The smallest absolute Gasteiger partial charge is 0.244 e. The lowest BCUT2D eigenvalue weighted by Crippen LogP contribution is -2.34. The van der Waals surface area contributed by atoms with Gasteiger partial charge in [0, 0.05) is 37.6 Å². The summed E-state index contributed by atoms with van der Waals surface area (Å²) in [5, 5.41) is 3.26. The monoisotopic (exact) mass is 314 g/mol. The molecule has 7 heteroatoms. The molecule has 0 aromatic carbocycles. The van der Waals surface area contributed by atoms with Crippen LogP contribution in [-0.2, 0) is 16.6 Å². The number of hydrogen-bond donors (Lipinski definition) is 2. The first-order chi connectivity index (χ1) is 9.95. The van der Waals surface area contributed by atoms with E-state index in [9.17, 15) is 8.42 Å². The van der Waals surface area contributed by atoms with Gasteiger partial charge in [-0.3, -0.25) is 0 Å². The molecule has 0 saturated carbocycles. The number of aromatic amines is 1. The Bertz CT molecular complexity index is 553. The van der Waals surface area contributed by atoms with Gasteiger partial charge in [0.05, 0.1) is 4.90 Å². The highest BCUT2D eigenvalue weighted by Crippen LogP contribution is 2.23. The van der Waals surface area contributed by atoms with Gasteiger partial charge in [-0.2, -0.15) is 4.31 Å². The third-order valence-electron chi connectivity index (χ3n) is 3.95. The number of H-pyrrole nitrogens is 1. The van der Waals surface area contributed by atoms with Gasteiger partial charge in [-0.25, -0.2) is 8.42 Å². The average molecular weight is 314 g/mol. The van der Waals surface area contributed by atoms with E-state index in [0.29, 0.717) is 30.6 Å². The Morgan fingerprint density at radius 1 is 1.48 bits per heavy atom. The summed E-state index contributed by atoms with van der Waals surface area (Å²) in [6.07, 6.45) is 3.55. The molecule has 1 unspecified atom stereocenters. The van der Waals surface area contributed by atoms with Crippen LogP contribution < -0.4 is 5.32 Å². The van der Waals surface area contributed by atoms with Crippen molar-refractivity contribution in [3.05, 3.63) is 18.0 Å². The fourth-order valence-corrected chi connectivity index (χ4v) is 4.08. The summed E-state index contributed by atoms with van der Waals surface area (Å²) in [6, 6.07) is 2.05. The Morgan fingerprint density at radius 2 is 2.24 bits per heavy atom. The Kier molecular flexibility index (Phi) is 5.43. The molecule has 2 N–H and O–H groups in total. The minimum absolute atomic E-state index is 0.310. The molecule has 0 aliphatic carbocycles. The molecule has 1 aromatic rings. The Balaban J connectivity index is 2.03. The molecule has 0 spiro atoms. The fourth-order valence-electron chi connectivity index (χ4n) is 2.57. The van der Waals surface area contributed by atoms with Crippen LogP contribution in [0.4, 0.5) is 0 Å². The van der Waals surface area contributed by atoms with Gasteiger partial charge >= 0.3 is 0 Å². The highest BCUT2D eigenvalue weighted by Gasteiger charge is 2.33. The van der Waals surface area contributed by atoms with E-state index in [2.05, 4.69) is 22.1 Å². The molecule has 21 heavy (non-hydrogen) atoms. The van der Waals surface area contributed by atoms with Crippen LogP contribution in [0.15, 0.2) is 17.2 Å². The van der Waals surface area contributed by atoms with Crippen LogP contribution in [-0.4, -0.2) is 62.4 Å². The zero-order valence-electron chi connectivity index (χ0n) is 13.1. The highest BCUT2D eigenvalue weighted by molar-refractivity contribution is 7.89. The standard InChI is InChI=1S/C14H26N4O2S/c1-4-6-15-9-12-8-14(10-16-12)21(19,20)18-7-5-13(11-18)17(2)3/h8,10,13,15-16H,4-7,9,11H2,1-3H3. The summed E-state index contributed by atoms with van der Waals surface area (Å²) in [6.45, 7) is 4.87. The molecule has 1 saturated heterocycles. The minimum Gasteiger partial charge on any atom is -0.363 e. The number of likely N-dealkylation sites (N-methyl/N-ethyl adjacent to an activating group) is 1. The van der Waals surface area contributed by atoms with E-state index in [1.165, 1.54) is 0 Å². The summed E-state index contributed by atoms with van der Waals surface area (Å²) < 4.78 is 26.8. The topological polar surface area (TPSA) is 68.4 Å². The second kappa shape index (κ2) is 6.91. The van der Waals surface area contributed by atoms with Crippen molar-refractivity contribution in [2.24, 2.45) is 0 Å². The number of sulfonamides is 1. The first-order valence-corrected chi connectivity index (χ1v) is 8.93. The first-order valence-electron chi connectivity index (χ1n) is 7.49. The van der Waals surface area contributed by atoms with E-state index in [0.717, 1.165) is 25.1 Å². The minimum atomic E-state index is -3.37. The third-order valence-corrected chi connectivity index (χ3v) is 5.80. The molecule has 1 aliphatic rings. The molecule has 0 amide bonds. The van der Waals surface area contributed by atoms with Crippen molar-refractivity contribution in [2.75, 3.05) is 33.7 Å². The molecular formula is C14H26N4O2S. The average Bonchev–Trinajstić information content (AvgIpc) is 3.08. The van der Waals surface area contributed by atoms with E-state index < -0.39 is 10.0 Å². The molecular weight excluding hydrogens is 288 g/mol. The van der Waals surface area contributed by atoms with Crippen LogP contribution in [0.3, 0.4) is 0 Å². The molecule has 1 atom stereocenters. The van der Waals surface area contributed by atoms with E-state index in [1.807, 2.05) is 14.1 Å². The predicted molar refractivity (Wildman–Crippen MR) is 83.6 cm³/mol. The summed E-state index contributed by atoms with van der Waals surface area (Å²) in [4.78, 5) is 5.51. The first kappa shape index (κ1) is 16.5. The van der Waals surface area contributed by atoms with Crippen LogP contribution in [0.1, 0.15) is 25.5 Å². The van der Waals surface area contributed by atoms with Crippen molar-refractivity contribution in [1.82, 2.24) is 19.5 Å².